The normalized spacial score (nSPS) is 17.3. The largest absolute Gasteiger partial charge is 0.476 e. The maximum absolute atomic E-state index is 12.0. The van der Waals surface area contributed by atoms with Gasteiger partial charge in [-0.25, -0.2) is 4.79 Å². The van der Waals surface area contributed by atoms with Gasteiger partial charge in [0.25, 0.3) is 0 Å². The molecular formula is C12H18N4O3. The Morgan fingerprint density at radius 1 is 1.53 bits per heavy atom. The monoisotopic (exact) mass is 266 g/mol. The number of aromatic nitrogens is 2. The Kier molecular flexibility index (Phi) is 3.73. The molecule has 4 N–H and O–H groups in total. The third-order valence-electron chi connectivity index (χ3n) is 3.44. The van der Waals surface area contributed by atoms with Crippen LogP contribution in [0.3, 0.4) is 0 Å². The zero-order valence-electron chi connectivity index (χ0n) is 10.8. The van der Waals surface area contributed by atoms with E-state index in [1.807, 2.05) is 0 Å². The quantitative estimate of drug-likeness (QED) is 0.746. The fourth-order valence-corrected chi connectivity index (χ4v) is 2.28. The van der Waals surface area contributed by atoms with Crippen LogP contribution in [0.25, 0.3) is 0 Å². The Balaban J connectivity index is 2.05. The lowest BCUT2D eigenvalue weighted by Crippen LogP contribution is -2.37. The number of aromatic carboxylic acids is 1. The van der Waals surface area contributed by atoms with E-state index in [1.54, 1.807) is 6.92 Å². The number of hydrogen-bond donors (Lipinski definition) is 3. The van der Waals surface area contributed by atoms with Crippen LogP contribution in [0.1, 0.15) is 49.1 Å². The summed E-state index contributed by atoms with van der Waals surface area (Å²) >= 11 is 0. The molecule has 19 heavy (non-hydrogen) atoms. The second-order valence-corrected chi connectivity index (χ2v) is 4.88. The Morgan fingerprint density at radius 2 is 2.16 bits per heavy atom. The molecular weight excluding hydrogens is 248 g/mol. The molecule has 7 nitrogen and oxygen atoms in total. The first-order valence-corrected chi connectivity index (χ1v) is 6.37. The average molecular weight is 266 g/mol. The summed E-state index contributed by atoms with van der Waals surface area (Å²) in [5, 5.41) is 15.7. The topological polar surface area (TPSA) is 110 Å². The molecule has 104 valence electrons. The number of nitrogens with one attached hydrogen (secondary N) is 1. The second kappa shape index (κ2) is 5.29. The first kappa shape index (κ1) is 13.4. The number of nitrogens with zero attached hydrogens (tertiary/aromatic N) is 2. The van der Waals surface area contributed by atoms with Gasteiger partial charge in [-0.1, -0.05) is 12.8 Å². The minimum atomic E-state index is -1.19. The summed E-state index contributed by atoms with van der Waals surface area (Å²) in [6, 6.07) is -0.349. The highest BCUT2D eigenvalue weighted by molar-refractivity contribution is 5.91. The minimum absolute atomic E-state index is 0.0630. The van der Waals surface area contributed by atoms with E-state index in [-0.39, 0.29) is 23.3 Å². The molecule has 1 unspecified atom stereocenters. The molecule has 0 saturated heterocycles. The highest BCUT2D eigenvalue weighted by Gasteiger charge is 2.23. The molecule has 1 heterocycles. The molecule has 0 spiro atoms. The van der Waals surface area contributed by atoms with Gasteiger partial charge in [-0.15, -0.1) is 0 Å². The van der Waals surface area contributed by atoms with Gasteiger partial charge in [0.15, 0.2) is 5.69 Å². The number of carbonyl (C=O) groups excluding carboxylic acids is 1. The molecule has 0 aliphatic heterocycles. The number of rotatable bonds is 4. The van der Waals surface area contributed by atoms with Gasteiger partial charge in [0.2, 0.25) is 5.91 Å². The summed E-state index contributed by atoms with van der Waals surface area (Å²) in [6.07, 6.45) is 5.65. The first-order chi connectivity index (χ1) is 8.99. The zero-order valence-corrected chi connectivity index (χ0v) is 10.8. The van der Waals surface area contributed by atoms with Crippen LogP contribution in [0.5, 0.6) is 0 Å². The summed E-state index contributed by atoms with van der Waals surface area (Å²) in [6.45, 7) is 1.67. The molecule has 2 rings (SSSR count). The molecule has 1 aromatic heterocycles. The zero-order chi connectivity index (χ0) is 14.0. The predicted molar refractivity (Wildman–Crippen MR) is 68.7 cm³/mol. The Morgan fingerprint density at radius 3 is 2.68 bits per heavy atom. The minimum Gasteiger partial charge on any atom is -0.476 e. The number of amides is 1. The summed E-state index contributed by atoms with van der Waals surface area (Å²) < 4.78 is 1.29. The summed E-state index contributed by atoms with van der Waals surface area (Å²) in [7, 11) is 0. The van der Waals surface area contributed by atoms with Gasteiger partial charge in [0, 0.05) is 12.2 Å². The predicted octanol–water partition coefficient (Wildman–Crippen LogP) is 0.783. The molecule has 1 saturated carbocycles. The van der Waals surface area contributed by atoms with E-state index >= 15 is 0 Å². The maximum Gasteiger partial charge on any atom is 0.358 e. The van der Waals surface area contributed by atoms with Crippen molar-refractivity contribution in [3.63, 3.8) is 0 Å². The molecule has 0 radical (unpaired) electrons. The summed E-state index contributed by atoms with van der Waals surface area (Å²) in [5.41, 5.74) is 5.39. The van der Waals surface area contributed by atoms with Crippen LogP contribution in [-0.2, 0) is 4.79 Å². The maximum atomic E-state index is 12.0. The van der Waals surface area contributed by atoms with Crippen LogP contribution in [-0.4, -0.2) is 32.8 Å². The molecule has 1 aliphatic carbocycles. The van der Waals surface area contributed by atoms with E-state index in [0.717, 1.165) is 25.7 Å². The van der Waals surface area contributed by atoms with Crippen LogP contribution in [0.2, 0.25) is 0 Å². The standard InChI is InChI=1S/C12H18N4O3/c1-7(11(17)14-8-4-2-3-5-8)16-6-9(13)10(15-16)12(18)19/h6-8H,2-5,13H2,1H3,(H,14,17)(H,18,19). The Bertz CT molecular complexity index is 491. The van der Waals surface area contributed by atoms with E-state index < -0.39 is 12.0 Å². The van der Waals surface area contributed by atoms with Crippen LogP contribution in [0.15, 0.2) is 6.20 Å². The molecule has 1 atom stereocenters. The van der Waals surface area contributed by atoms with E-state index in [9.17, 15) is 9.59 Å². The third-order valence-corrected chi connectivity index (χ3v) is 3.44. The van der Waals surface area contributed by atoms with Gasteiger partial charge in [-0.3, -0.25) is 9.48 Å². The highest BCUT2D eigenvalue weighted by atomic mass is 16.4. The van der Waals surface area contributed by atoms with Gasteiger partial charge >= 0.3 is 5.97 Å². The van der Waals surface area contributed by atoms with Crippen LogP contribution in [0.4, 0.5) is 5.69 Å². The van der Waals surface area contributed by atoms with Crippen molar-refractivity contribution in [2.75, 3.05) is 5.73 Å². The molecule has 1 aliphatic rings. The van der Waals surface area contributed by atoms with E-state index in [1.165, 1.54) is 10.9 Å². The first-order valence-electron chi connectivity index (χ1n) is 6.37. The molecule has 0 bridgehead atoms. The lowest BCUT2D eigenvalue weighted by molar-refractivity contribution is -0.124. The van der Waals surface area contributed by atoms with Gasteiger partial charge in [-0.05, 0) is 19.8 Å². The van der Waals surface area contributed by atoms with E-state index in [2.05, 4.69) is 10.4 Å². The van der Waals surface area contributed by atoms with E-state index in [4.69, 9.17) is 10.8 Å². The molecule has 0 aromatic carbocycles. The van der Waals surface area contributed by atoms with Crippen LogP contribution in [0, 0.1) is 0 Å². The average Bonchev–Trinajstić information content (AvgIpc) is 2.97. The summed E-state index contributed by atoms with van der Waals surface area (Å²) in [5.74, 6) is -1.36. The number of carboxylic acids is 1. The fraction of sp³-hybridized carbons (Fsp3) is 0.583. The summed E-state index contributed by atoms with van der Waals surface area (Å²) in [4.78, 5) is 22.9. The van der Waals surface area contributed by atoms with Crippen molar-refractivity contribution in [2.24, 2.45) is 0 Å². The Hall–Kier alpha value is -2.05. The molecule has 1 amide bonds. The van der Waals surface area contributed by atoms with Crippen molar-refractivity contribution < 1.29 is 14.7 Å². The number of nitrogen functional groups attached to an aromatic ring is 1. The molecule has 1 aromatic rings. The van der Waals surface area contributed by atoms with Crippen molar-refractivity contribution in [1.82, 2.24) is 15.1 Å². The SMILES string of the molecule is CC(C(=O)NC1CCCC1)n1cc(N)c(C(=O)O)n1. The van der Waals surface area contributed by atoms with Crippen molar-refractivity contribution in [3.8, 4) is 0 Å². The van der Waals surface area contributed by atoms with Crippen molar-refractivity contribution >= 4 is 17.6 Å². The molecule has 1 fully saturated rings. The number of hydrogen-bond acceptors (Lipinski definition) is 4. The molecule has 7 heteroatoms. The third kappa shape index (κ3) is 2.86. The van der Waals surface area contributed by atoms with Gasteiger partial charge in [-0.2, -0.15) is 5.10 Å². The van der Waals surface area contributed by atoms with Gasteiger partial charge in [0.05, 0.1) is 5.69 Å². The Labute approximate surface area is 110 Å². The number of carboxylic acid groups (broad SMARTS) is 1. The number of carbonyl (C=O) groups is 2. The van der Waals surface area contributed by atoms with Gasteiger partial charge in [0.1, 0.15) is 6.04 Å². The second-order valence-electron chi connectivity index (χ2n) is 4.88. The number of anilines is 1. The van der Waals surface area contributed by atoms with Crippen LogP contribution < -0.4 is 11.1 Å². The van der Waals surface area contributed by atoms with Crippen molar-refractivity contribution in [1.29, 1.82) is 0 Å². The number of nitrogens with two attached hydrogens (primary N) is 1. The smallest absolute Gasteiger partial charge is 0.358 e. The highest BCUT2D eigenvalue weighted by Crippen LogP contribution is 2.19. The van der Waals surface area contributed by atoms with Crippen molar-refractivity contribution in [2.45, 2.75) is 44.7 Å². The van der Waals surface area contributed by atoms with E-state index in [0.29, 0.717) is 0 Å². The fourth-order valence-electron chi connectivity index (χ4n) is 2.28. The van der Waals surface area contributed by atoms with Gasteiger partial charge < -0.3 is 16.2 Å². The van der Waals surface area contributed by atoms with Crippen LogP contribution >= 0.6 is 0 Å². The van der Waals surface area contributed by atoms with Crippen molar-refractivity contribution in [3.05, 3.63) is 11.9 Å². The lowest BCUT2D eigenvalue weighted by Gasteiger charge is -2.16. The lowest BCUT2D eigenvalue weighted by atomic mass is 10.2.